The van der Waals surface area contributed by atoms with E-state index in [1.807, 2.05) is 0 Å². The summed E-state index contributed by atoms with van der Waals surface area (Å²) >= 11 is 24.2. The van der Waals surface area contributed by atoms with E-state index in [1.165, 1.54) is 38.4 Å². The van der Waals surface area contributed by atoms with E-state index in [4.69, 9.17) is 39.5 Å². The molecule has 0 bridgehead atoms. The molecule has 272 valence electrons. The summed E-state index contributed by atoms with van der Waals surface area (Å²) in [5.74, 6) is -9.50. The zero-order valence-corrected chi connectivity index (χ0v) is 30.6. The van der Waals surface area contributed by atoms with Crippen molar-refractivity contribution in [1.29, 1.82) is 0 Å². The van der Waals surface area contributed by atoms with Gasteiger partial charge in [-0.25, -0.2) is 14.3 Å². The molecule has 6 unspecified atom stereocenters. The fourth-order valence-corrected chi connectivity index (χ4v) is 9.50. The van der Waals surface area contributed by atoms with Crippen molar-refractivity contribution in [3.05, 3.63) is 86.8 Å². The van der Waals surface area contributed by atoms with Gasteiger partial charge in [0.15, 0.2) is 27.1 Å². The molecule has 4 aliphatic rings. The lowest BCUT2D eigenvalue weighted by molar-refractivity contribution is -0.141. The van der Waals surface area contributed by atoms with Crippen molar-refractivity contribution in [3.63, 3.8) is 0 Å². The summed E-state index contributed by atoms with van der Waals surface area (Å²) in [6, 6.07) is 8.99. The minimum Gasteiger partial charge on any atom is -0.503 e. The van der Waals surface area contributed by atoms with Crippen LogP contribution in [0.2, 0.25) is 5.02 Å². The molecule has 6 atom stereocenters. The molecular formula is C34H24BrCl3F4N4O6. The first-order chi connectivity index (χ1) is 24.4. The number of fused-ring (bicyclic) bond motifs is 4. The molecule has 2 aromatic carbocycles. The average molecular weight is 847 g/mol. The first-order valence-corrected chi connectivity index (χ1v) is 17.4. The number of imide groups is 2. The summed E-state index contributed by atoms with van der Waals surface area (Å²) in [4.78, 5) is 57.2. The lowest BCUT2D eigenvalue weighted by Crippen LogP contribution is -2.60. The van der Waals surface area contributed by atoms with Crippen LogP contribution in [0, 0.1) is 23.6 Å². The van der Waals surface area contributed by atoms with Crippen molar-refractivity contribution in [2.24, 2.45) is 17.8 Å². The molecule has 3 fully saturated rings. The predicted octanol–water partition coefficient (Wildman–Crippen LogP) is 6.98. The number of anilines is 2. The van der Waals surface area contributed by atoms with Crippen LogP contribution >= 0.6 is 50.7 Å². The number of nitrogens with zero attached hydrogens (tertiary/aromatic N) is 4. The summed E-state index contributed by atoms with van der Waals surface area (Å²) in [6.45, 7) is 0. The molecule has 3 heterocycles. The topological polar surface area (TPSA) is 120 Å². The number of hydrogen-bond donors (Lipinski definition) is 1. The molecular weight excluding hydrogens is 823 g/mol. The molecule has 2 aliphatic heterocycles. The molecule has 18 heteroatoms. The van der Waals surface area contributed by atoms with Gasteiger partial charge < -0.3 is 9.84 Å². The van der Waals surface area contributed by atoms with Crippen LogP contribution in [0.3, 0.4) is 0 Å². The number of phenols is 1. The quantitative estimate of drug-likeness (QED) is 0.127. The van der Waals surface area contributed by atoms with E-state index < -0.39 is 87.0 Å². The van der Waals surface area contributed by atoms with Crippen LogP contribution < -0.4 is 14.6 Å². The van der Waals surface area contributed by atoms with E-state index in [-0.39, 0.29) is 38.7 Å². The Hall–Kier alpha value is -3.92. The second-order valence-electron chi connectivity index (χ2n) is 12.8. The summed E-state index contributed by atoms with van der Waals surface area (Å²) in [5.41, 5.74) is -0.685. The van der Waals surface area contributed by atoms with E-state index in [0.29, 0.717) is 16.6 Å². The Kier molecular flexibility index (Phi) is 8.63. The minimum absolute atomic E-state index is 0.0192. The summed E-state index contributed by atoms with van der Waals surface area (Å²) in [7, 11) is 2.47. The highest BCUT2D eigenvalue weighted by molar-refractivity contribution is 9.10. The molecule has 0 spiro atoms. The maximum atomic E-state index is 14.5. The Morgan fingerprint density at radius 2 is 1.69 bits per heavy atom. The molecule has 0 radical (unpaired) electrons. The highest BCUT2D eigenvalue weighted by Crippen LogP contribution is 2.66. The van der Waals surface area contributed by atoms with Crippen molar-refractivity contribution < 1.29 is 46.6 Å². The van der Waals surface area contributed by atoms with E-state index in [1.54, 1.807) is 6.08 Å². The molecule has 1 saturated carbocycles. The van der Waals surface area contributed by atoms with Gasteiger partial charge in [0.1, 0.15) is 11.5 Å². The number of aromatic hydroxyl groups is 1. The third-order valence-electron chi connectivity index (χ3n) is 10.2. The number of rotatable bonds is 5. The summed E-state index contributed by atoms with van der Waals surface area (Å²) in [6.07, 6.45) is -3.69. The van der Waals surface area contributed by atoms with Crippen LogP contribution in [0.15, 0.2) is 64.7 Å². The highest BCUT2D eigenvalue weighted by atomic mass is 79.9. The lowest BCUT2D eigenvalue weighted by Gasteiger charge is -2.50. The number of carbonyl (C=O) groups excluding carboxylic acids is 4. The van der Waals surface area contributed by atoms with Crippen LogP contribution in [-0.2, 0) is 25.4 Å². The number of pyridine rings is 1. The zero-order valence-electron chi connectivity index (χ0n) is 26.7. The maximum Gasteiger partial charge on any atom is 0.433 e. The van der Waals surface area contributed by atoms with E-state index in [0.717, 1.165) is 28.1 Å². The first kappa shape index (κ1) is 36.4. The maximum absolute atomic E-state index is 14.5. The van der Waals surface area contributed by atoms with Gasteiger partial charge in [0.2, 0.25) is 0 Å². The molecule has 1 aromatic heterocycles. The normalized spacial score (nSPS) is 28.5. The van der Waals surface area contributed by atoms with Crippen LogP contribution in [0.4, 0.5) is 29.1 Å². The number of hydrogen-bond acceptors (Lipinski definition) is 8. The largest absolute Gasteiger partial charge is 0.503 e. The van der Waals surface area contributed by atoms with Gasteiger partial charge in [0, 0.05) is 13.0 Å². The molecule has 52 heavy (non-hydrogen) atoms. The standard InChI is InChI=1S/C34H24BrCl3F4N4O6/c1-44(27-21(36)9-10-23(43-27)34(40,41)42)46-28(48)18-8-7-17-19(24(18)29(46)49)13-32(37)30(50)45(16-5-3-15(39)4-6-16)31(51)33(32,38)25(17)14-11-20(35)26(47)22(12-14)52-2/h3-7,9-12,18-19,24-25,47H,8,13H2,1-2H3. The van der Waals surface area contributed by atoms with Gasteiger partial charge in [-0.3, -0.25) is 24.2 Å². The first-order valence-electron chi connectivity index (χ1n) is 15.5. The Labute approximate surface area is 315 Å². The smallest absolute Gasteiger partial charge is 0.433 e. The molecule has 7 rings (SSSR count). The fourth-order valence-electron chi connectivity index (χ4n) is 7.88. The minimum atomic E-state index is -4.86. The number of ether oxygens (including phenoxy) is 1. The molecule has 1 N–H and O–H groups in total. The molecule has 3 aromatic rings. The SMILES string of the molecule is COc1cc(C2C3=CCC4C(=O)N(N(C)c5nc(C(F)(F)F)ccc5Cl)C(=O)C4C3CC3(Cl)C(=O)N(c4ccc(F)cc4)C(=O)C23Cl)cc(Br)c1O. The van der Waals surface area contributed by atoms with Crippen molar-refractivity contribution in [2.75, 3.05) is 24.1 Å². The Bertz CT molecular complexity index is 2120. The predicted molar refractivity (Wildman–Crippen MR) is 183 cm³/mol. The zero-order chi connectivity index (χ0) is 37.8. The number of phenolic OH excluding ortho intramolecular Hbond substituents is 1. The van der Waals surface area contributed by atoms with Gasteiger partial charge in [-0.2, -0.15) is 18.2 Å². The van der Waals surface area contributed by atoms with Gasteiger partial charge in [-0.15, -0.1) is 23.2 Å². The molecule has 2 saturated heterocycles. The van der Waals surface area contributed by atoms with Crippen LogP contribution in [0.1, 0.15) is 30.0 Å². The number of halogens is 8. The van der Waals surface area contributed by atoms with Gasteiger partial charge in [0.05, 0.1) is 34.1 Å². The number of allylic oxidation sites excluding steroid dienone is 2. The van der Waals surface area contributed by atoms with Crippen LogP contribution in [0.25, 0.3) is 0 Å². The van der Waals surface area contributed by atoms with Crippen molar-refractivity contribution >= 4 is 85.9 Å². The van der Waals surface area contributed by atoms with Crippen molar-refractivity contribution in [2.45, 2.75) is 34.7 Å². The molecule has 4 amide bonds. The lowest BCUT2D eigenvalue weighted by atomic mass is 9.56. The number of carbonyl (C=O) groups is 4. The summed E-state index contributed by atoms with van der Waals surface area (Å²) in [5, 5.41) is 11.9. The Morgan fingerprint density at radius 1 is 1.02 bits per heavy atom. The number of alkyl halides is 5. The number of benzene rings is 2. The molecule has 10 nitrogen and oxygen atoms in total. The number of aromatic nitrogens is 1. The Balaban J connectivity index is 1.37. The van der Waals surface area contributed by atoms with Crippen LogP contribution in [0.5, 0.6) is 11.5 Å². The summed E-state index contributed by atoms with van der Waals surface area (Å²) < 4.78 is 60.2. The van der Waals surface area contributed by atoms with Gasteiger partial charge in [-0.05, 0) is 88.8 Å². The van der Waals surface area contributed by atoms with Crippen LogP contribution in [-0.4, -0.2) is 62.6 Å². The fraction of sp³-hybridized carbons (Fsp3) is 0.324. The number of hydrazine groups is 1. The number of methoxy groups -OCH3 is 1. The second kappa shape index (κ2) is 12.3. The second-order valence-corrected chi connectivity index (χ2v) is 15.3. The number of amides is 4. The third kappa shape index (κ3) is 5.06. The van der Waals surface area contributed by atoms with E-state index in [2.05, 4.69) is 20.9 Å². The highest BCUT2D eigenvalue weighted by Gasteiger charge is 2.76. The average Bonchev–Trinajstić information content (AvgIpc) is 3.43. The van der Waals surface area contributed by atoms with E-state index in [9.17, 15) is 41.8 Å². The Morgan fingerprint density at radius 3 is 2.33 bits per heavy atom. The van der Waals surface area contributed by atoms with Crippen molar-refractivity contribution in [1.82, 2.24) is 9.99 Å². The van der Waals surface area contributed by atoms with Gasteiger partial charge >= 0.3 is 6.18 Å². The van der Waals surface area contributed by atoms with Gasteiger partial charge in [-0.1, -0.05) is 23.3 Å². The van der Waals surface area contributed by atoms with Gasteiger partial charge in [0.25, 0.3) is 23.6 Å². The van der Waals surface area contributed by atoms with E-state index >= 15 is 0 Å². The third-order valence-corrected chi connectivity index (χ3v) is 12.5. The molecule has 2 aliphatic carbocycles. The monoisotopic (exact) mass is 844 g/mol. The van der Waals surface area contributed by atoms with Crippen molar-refractivity contribution in [3.8, 4) is 11.5 Å².